The van der Waals surface area contributed by atoms with E-state index in [1.165, 1.54) is 6.07 Å². The number of nitriles is 1. The van der Waals surface area contributed by atoms with Gasteiger partial charge in [0.15, 0.2) is 0 Å². The molecule has 0 bridgehead atoms. The van der Waals surface area contributed by atoms with Gasteiger partial charge >= 0.3 is 0 Å². The minimum absolute atomic E-state index is 0.0506. The number of pyridine rings is 1. The molecule has 2 rings (SSSR count). The van der Waals surface area contributed by atoms with Crippen LogP contribution in [0.15, 0.2) is 30.5 Å². The van der Waals surface area contributed by atoms with Crippen molar-refractivity contribution >= 4 is 10.9 Å². The number of phenols is 1. The maximum absolute atomic E-state index is 9.47. The van der Waals surface area contributed by atoms with Gasteiger partial charge in [-0.15, -0.1) is 0 Å². The van der Waals surface area contributed by atoms with Crippen LogP contribution < -0.4 is 0 Å². The number of nitrogens with zero attached hydrogens (tertiary/aromatic N) is 2. The Labute approximate surface area is 74.9 Å². The lowest BCUT2D eigenvalue weighted by Crippen LogP contribution is -1.81. The summed E-state index contributed by atoms with van der Waals surface area (Å²) in [5.74, 6) is 0.0506. The minimum Gasteiger partial charge on any atom is -0.506 e. The highest BCUT2D eigenvalue weighted by Crippen LogP contribution is 2.23. The summed E-state index contributed by atoms with van der Waals surface area (Å²) in [5.41, 5.74) is 0.972. The van der Waals surface area contributed by atoms with Gasteiger partial charge in [0.1, 0.15) is 11.3 Å². The molecular formula is C10H6N2O. The number of aromatic hydroxyl groups is 1. The second kappa shape index (κ2) is 2.76. The van der Waals surface area contributed by atoms with E-state index >= 15 is 0 Å². The van der Waals surface area contributed by atoms with Gasteiger partial charge in [0.05, 0.1) is 11.6 Å². The van der Waals surface area contributed by atoms with Crippen molar-refractivity contribution in [2.75, 3.05) is 0 Å². The van der Waals surface area contributed by atoms with Crippen LogP contribution >= 0.6 is 0 Å². The Kier molecular flexibility index (Phi) is 1.60. The van der Waals surface area contributed by atoms with Crippen molar-refractivity contribution in [3.8, 4) is 11.8 Å². The van der Waals surface area contributed by atoms with E-state index in [4.69, 9.17) is 5.26 Å². The average molecular weight is 170 g/mol. The van der Waals surface area contributed by atoms with Crippen LogP contribution in [0.3, 0.4) is 0 Å². The monoisotopic (exact) mass is 170 g/mol. The highest BCUT2D eigenvalue weighted by Gasteiger charge is 2.02. The van der Waals surface area contributed by atoms with Crippen molar-refractivity contribution in [2.24, 2.45) is 0 Å². The molecule has 0 aliphatic carbocycles. The lowest BCUT2D eigenvalue weighted by atomic mass is 10.1. The fourth-order valence-electron chi connectivity index (χ4n) is 1.24. The van der Waals surface area contributed by atoms with Gasteiger partial charge in [-0.2, -0.15) is 5.26 Å². The van der Waals surface area contributed by atoms with Gasteiger partial charge in [0.2, 0.25) is 0 Å². The van der Waals surface area contributed by atoms with Gasteiger partial charge in [-0.1, -0.05) is 6.07 Å². The van der Waals surface area contributed by atoms with Gasteiger partial charge in [-0.05, 0) is 18.2 Å². The summed E-state index contributed by atoms with van der Waals surface area (Å²) in [7, 11) is 0. The van der Waals surface area contributed by atoms with Crippen LogP contribution in [0.4, 0.5) is 0 Å². The molecule has 0 saturated heterocycles. The molecule has 62 valence electrons. The van der Waals surface area contributed by atoms with Crippen LogP contribution in [0.25, 0.3) is 10.9 Å². The Hall–Kier alpha value is -2.08. The lowest BCUT2D eigenvalue weighted by Gasteiger charge is -1.99. The van der Waals surface area contributed by atoms with E-state index in [9.17, 15) is 5.11 Å². The van der Waals surface area contributed by atoms with Crippen molar-refractivity contribution in [2.45, 2.75) is 0 Å². The van der Waals surface area contributed by atoms with Crippen LogP contribution in [-0.2, 0) is 0 Å². The van der Waals surface area contributed by atoms with Gasteiger partial charge in [-0.25, -0.2) is 0 Å². The number of benzene rings is 1. The third kappa shape index (κ3) is 1.18. The van der Waals surface area contributed by atoms with Crippen molar-refractivity contribution in [3.05, 3.63) is 36.0 Å². The maximum atomic E-state index is 9.47. The highest BCUT2D eigenvalue weighted by molar-refractivity contribution is 5.85. The summed E-state index contributed by atoms with van der Waals surface area (Å²) in [6.07, 6.45) is 1.61. The molecule has 3 heteroatoms. The summed E-state index contributed by atoms with van der Waals surface area (Å²) >= 11 is 0. The molecule has 0 aliphatic rings. The summed E-state index contributed by atoms with van der Waals surface area (Å²) in [6, 6.07) is 8.66. The zero-order chi connectivity index (χ0) is 9.26. The first-order valence-corrected chi connectivity index (χ1v) is 3.79. The van der Waals surface area contributed by atoms with E-state index in [1.807, 2.05) is 12.1 Å². The predicted molar refractivity (Wildman–Crippen MR) is 48.1 cm³/mol. The average Bonchev–Trinajstić information content (AvgIpc) is 2.18. The quantitative estimate of drug-likeness (QED) is 0.656. The second-order valence-electron chi connectivity index (χ2n) is 2.68. The zero-order valence-corrected chi connectivity index (χ0v) is 6.73. The third-order valence-electron chi connectivity index (χ3n) is 1.81. The topological polar surface area (TPSA) is 56.9 Å². The van der Waals surface area contributed by atoms with Crippen molar-refractivity contribution in [1.82, 2.24) is 4.98 Å². The van der Waals surface area contributed by atoms with E-state index in [0.717, 1.165) is 5.39 Å². The predicted octanol–water partition coefficient (Wildman–Crippen LogP) is 1.81. The molecule has 1 N–H and O–H groups in total. The highest BCUT2D eigenvalue weighted by atomic mass is 16.3. The first-order valence-electron chi connectivity index (χ1n) is 3.79. The zero-order valence-electron chi connectivity index (χ0n) is 6.73. The molecule has 0 amide bonds. The standard InChI is InChI=1S/C10H6N2O/c11-6-7-4-8-2-1-3-12-10(8)9(13)5-7/h1-5,13H. The molecule has 0 aliphatic heterocycles. The van der Waals surface area contributed by atoms with Crippen LogP contribution in [0.1, 0.15) is 5.56 Å². The summed E-state index contributed by atoms with van der Waals surface area (Å²) in [4.78, 5) is 4.00. The molecule has 1 aromatic heterocycles. The Morgan fingerprint density at radius 1 is 1.38 bits per heavy atom. The van der Waals surface area contributed by atoms with Crippen LogP contribution in [0.5, 0.6) is 5.75 Å². The van der Waals surface area contributed by atoms with Gasteiger partial charge < -0.3 is 5.11 Å². The normalized spacial score (nSPS) is 9.77. The molecule has 2 aromatic rings. The Morgan fingerprint density at radius 2 is 2.23 bits per heavy atom. The Balaban J connectivity index is 2.86. The van der Waals surface area contributed by atoms with Crippen LogP contribution in [0.2, 0.25) is 0 Å². The van der Waals surface area contributed by atoms with Crippen molar-refractivity contribution in [3.63, 3.8) is 0 Å². The lowest BCUT2D eigenvalue weighted by molar-refractivity contribution is 0.480. The molecule has 0 atom stereocenters. The molecule has 3 nitrogen and oxygen atoms in total. The smallest absolute Gasteiger partial charge is 0.143 e. The van der Waals surface area contributed by atoms with Crippen LogP contribution in [-0.4, -0.2) is 10.1 Å². The maximum Gasteiger partial charge on any atom is 0.143 e. The fraction of sp³-hybridized carbons (Fsp3) is 0. The molecule has 0 fully saturated rings. The number of phenolic OH excluding ortho intramolecular Hbond substituents is 1. The van der Waals surface area contributed by atoms with Gasteiger partial charge in [-0.3, -0.25) is 4.98 Å². The van der Waals surface area contributed by atoms with E-state index in [0.29, 0.717) is 11.1 Å². The number of aromatic nitrogens is 1. The summed E-state index contributed by atoms with van der Waals surface area (Å²) < 4.78 is 0. The first kappa shape index (κ1) is 7.56. The molecule has 1 heterocycles. The number of rotatable bonds is 0. The second-order valence-corrected chi connectivity index (χ2v) is 2.68. The van der Waals surface area contributed by atoms with Crippen molar-refractivity contribution in [1.29, 1.82) is 5.26 Å². The van der Waals surface area contributed by atoms with Gasteiger partial charge in [0.25, 0.3) is 0 Å². The molecule has 0 spiro atoms. The van der Waals surface area contributed by atoms with Crippen LogP contribution in [0, 0.1) is 11.3 Å². The molecule has 1 aromatic carbocycles. The third-order valence-corrected chi connectivity index (χ3v) is 1.81. The fourth-order valence-corrected chi connectivity index (χ4v) is 1.24. The Morgan fingerprint density at radius 3 is 3.00 bits per heavy atom. The Bertz CT molecular complexity index is 500. The van der Waals surface area contributed by atoms with Crippen molar-refractivity contribution < 1.29 is 5.11 Å². The van der Waals surface area contributed by atoms with E-state index in [1.54, 1.807) is 18.3 Å². The minimum atomic E-state index is 0.0506. The SMILES string of the molecule is N#Cc1cc(O)c2ncccc2c1. The molecule has 0 unspecified atom stereocenters. The first-order chi connectivity index (χ1) is 6.31. The van der Waals surface area contributed by atoms with E-state index in [2.05, 4.69) is 4.98 Å². The van der Waals surface area contributed by atoms with E-state index < -0.39 is 0 Å². The number of fused-ring (bicyclic) bond motifs is 1. The molecule has 13 heavy (non-hydrogen) atoms. The molecule has 0 radical (unpaired) electrons. The number of hydrogen-bond acceptors (Lipinski definition) is 3. The number of hydrogen-bond donors (Lipinski definition) is 1. The molecule has 0 saturated carbocycles. The van der Waals surface area contributed by atoms with Gasteiger partial charge in [0, 0.05) is 11.6 Å². The van der Waals surface area contributed by atoms with E-state index in [-0.39, 0.29) is 5.75 Å². The molecular weight excluding hydrogens is 164 g/mol. The summed E-state index contributed by atoms with van der Waals surface area (Å²) in [5, 5.41) is 18.9. The largest absolute Gasteiger partial charge is 0.506 e. The summed E-state index contributed by atoms with van der Waals surface area (Å²) in [6.45, 7) is 0.